The first-order chi connectivity index (χ1) is 14.8. The predicted molar refractivity (Wildman–Crippen MR) is 118 cm³/mol. The molecule has 0 aliphatic carbocycles. The number of nitrogens with zero attached hydrogens (tertiary/aromatic N) is 4. The van der Waals surface area contributed by atoms with Crippen LogP contribution in [0.1, 0.15) is 16.7 Å². The van der Waals surface area contributed by atoms with Crippen LogP contribution < -0.4 is 9.46 Å². The second kappa shape index (κ2) is 8.44. The van der Waals surface area contributed by atoms with Crippen molar-refractivity contribution in [2.24, 2.45) is 0 Å². The lowest BCUT2D eigenvalue weighted by Gasteiger charge is -2.13. The van der Waals surface area contributed by atoms with Crippen molar-refractivity contribution in [2.45, 2.75) is 25.7 Å². The zero-order chi connectivity index (χ0) is 22.0. The van der Waals surface area contributed by atoms with E-state index >= 15 is 0 Å². The van der Waals surface area contributed by atoms with Gasteiger partial charge in [-0.2, -0.15) is 4.52 Å². The summed E-state index contributed by atoms with van der Waals surface area (Å²) in [6.45, 7) is 5.79. The summed E-state index contributed by atoms with van der Waals surface area (Å²) in [4.78, 5) is 0.314. The number of hydrogen-bond acceptors (Lipinski definition) is 6. The molecule has 31 heavy (non-hydrogen) atoms. The molecule has 0 unspecified atom stereocenters. The molecule has 0 saturated carbocycles. The third-order valence-electron chi connectivity index (χ3n) is 4.79. The highest BCUT2D eigenvalue weighted by Crippen LogP contribution is 2.21. The molecule has 0 amide bonds. The highest BCUT2D eigenvalue weighted by Gasteiger charge is 2.19. The molecule has 8 nitrogen and oxygen atoms in total. The van der Waals surface area contributed by atoms with Gasteiger partial charge in [0.2, 0.25) is 15.9 Å². The summed E-state index contributed by atoms with van der Waals surface area (Å²) in [6.07, 6.45) is 0. The number of ether oxygens (including phenoxy) is 1. The third kappa shape index (κ3) is 4.42. The van der Waals surface area contributed by atoms with E-state index in [1.165, 1.54) is 0 Å². The second-order valence-electron chi connectivity index (χ2n) is 7.31. The van der Waals surface area contributed by atoms with Crippen LogP contribution in [0.3, 0.4) is 0 Å². The summed E-state index contributed by atoms with van der Waals surface area (Å²) in [5.74, 6) is 0.957. The van der Waals surface area contributed by atoms with Crippen molar-refractivity contribution in [3.63, 3.8) is 0 Å². The standard InChI is InChI=1S/C22H23N5O3S/c1-15-13-16(2)21(17(3)14-15)31(28,29)23-11-12-30-20-10-9-19-24-25-22(27(19)26-20)18-7-5-4-6-8-18/h4-10,13-14,23H,11-12H2,1-3H3. The molecule has 4 rings (SSSR count). The van der Waals surface area contributed by atoms with Gasteiger partial charge in [0.1, 0.15) is 6.61 Å². The van der Waals surface area contributed by atoms with Gasteiger partial charge < -0.3 is 4.74 Å². The van der Waals surface area contributed by atoms with Crippen LogP contribution in [0.25, 0.3) is 17.0 Å². The largest absolute Gasteiger partial charge is 0.475 e. The maximum absolute atomic E-state index is 12.7. The Morgan fingerprint density at radius 3 is 2.39 bits per heavy atom. The van der Waals surface area contributed by atoms with Crippen LogP contribution in [-0.2, 0) is 10.0 Å². The molecule has 0 fully saturated rings. The quantitative estimate of drug-likeness (QED) is 0.446. The van der Waals surface area contributed by atoms with Crippen LogP contribution in [0.4, 0.5) is 0 Å². The minimum absolute atomic E-state index is 0.114. The molecule has 0 radical (unpaired) electrons. The third-order valence-corrected chi connectivity index (χ3v) is 6.55. The molecule has 0 bridgehead atoms. The Labute approximate surface area is 181 Å². The fourth-order valence-corrected chi connectivity index (χ4v) is 5.07. The van der Waals surface area contributed by atoms with Gasteiger partial charge in [0.25, 0.3) is 0 Å². The number of nitrogens with one attached hydrogen (secondary N) is 1. The van der Waals surface area contributed by atoms with E-state index in [0.29, 0.717) is 22.2 Å². The van der Waals surface area contributed by atoms with Crippen LogP contribution >= 0.6 is 0 Å². The van der Waals surface area contributed by atoms with Gasteiger partial charge in [-0.25, -0.2) is 13.1 Å². The first-order valence-electron chi connectivity index (χ1n) is 9.83. The summed E-state index contributed by atoms with van der Waals surface area (Å²) < 4.78 is 35.4. The van der Waals surface area contributed by atoms with Gasteiger partial charge in [-0.15, -0.1) is 15.3 Å². The van der Waals surface area contributed by atoms with E-state index in [0.717, 1.165) is 22.3 Å². The maximum atomic E-state index is 12.7. The number of rotatable bonds is 7. The van der Waals surface area contributed by atoms with E-state index in [-0.39, 0.29) is 13.2 Å². The first-order valence-corrected chi connectivity index (χ1v) is 11.3. The number of aryl methyl sites for hydroxylation is 3. The van der Waals surface area contributed by atoms with Gasteiger partial charge >= 0.3 is 0 Å². The lowest BCUT2D eigenvalue weighted by Crippen LogP contribution is -2.29. The molecule has 2 aromatic heterocycles. The summed E-state index contributed by atoms with van der Waals surface area (Å²) in [7, 11) is -3.64. The zero-order valence-corrected chi connectivity index (χ0v) is 18.3. The van der Waals surface area contributed by atoms with E-state index in [1.54, 1.807) is 30.5 Å². The molecule has 160 valence electrons. The summed E-state index contributed by atoms with van der Waals surface area (Å²) in [6, 6.07) is 16.8. The van der Waals surface area contributed by atoms with E-state index in [9.17, 15) is 8.42 Å². The van der Waals surface area contributed by atoms with Gasteiger partial charge in [-0.3, -0.25) is 0 Å². The fourth-order valence-electron chi connectivity index (χ4n) is 3.61. The molecule has 1 N–H and O–H groups in total. The Kier molecular flexibility index (Phi) is 5.71. The lowest BCUT2D eigenvalue weighted by molar-refractivity contribution is 0.306. The molecule has 9 heteroatoms. The van der Waals surface area contributed by atoms with Crippen LogP contribution in [0, 0.1) is 20.8 Å². The smallest absolute Gasteiger partial charge is 0.241 e. The second-order valence-corrected chi connectivity index (χ2v) is 9.01. The zero-order valence-electron chi connectivity index (χ0n) is 17.5. The van der Waals surface area contributed by atoms with Crippen LogP contribution in [0.2, 0.25) is 0 Å². The van der Waals surface area contributed by atoms with Crippen molar-refractivity contribution in [2.75, 3.05) is 13.2 Å². The SMILES string of the molecule is Cc1cc(C)c(S(=O)(=O)NCCOc2ccc3nnc(-c4ccccc4)n3n2)c(C)c1. The maximum Gasteiger partial charge on any atom is 0.241 e. The summed E-state index contributed by atoms with van der Waals surface area (Å²) in [5, 5.41) is 12.8. The minimum Gasteiger partial charge on any atom is -0.475 e. The van der Waals surface area contributed by atoms with Gasteiger partial charge in [0.15, 0.2) is 11.5 Å². The highest BCUT2D eigenvalue weighted by atomic mass is 32.2. The monoisotopic (exact) mass is 437 g/mol. The van der Waals surface area contributed by atoms with Crippen molar-refractivity contribution >= 4 is 15.7 Å². The Bertz CT molecular complexity index is 1310. The Morgan fingerprint density at radius 1 is 0.968 bits per heavy atom. The van der Waals surface area contributed by atoms with Gasteiger partial charge in [0.05, 0.1) is 4.90 Å². The number of benzene rings is 2. The Morgan fingerprint density at radius 2 is 1.68 bits per heavy atom. The van der Waals surface area contributed by atoms with Crippen molar-refractivity contribution in [3.05, 3.63) is 71.3 Å². The molecule has 4 aromatic rings. The number of hydrogen-bond donors (Lipinski definition) is 1. The van der Waals surface area contributed by atoms with Crippen molar-refractivity contribution in [1.29, 1.82) is 0 Å². The molecule has 0 aliphatic rings. The predicted octanol–water partition coefficient (Wildman–Crippen LogP) is 3.07. The van der Waals surface area contributed by atoms with Gasteiger partial charge in [-0.05, 0) is 38.0 Å². The molecule has 2 heterocycles. The first kappa shape index (κ1) is 21.0. The molecular weight excluding hydrogens is 414 g/mol. The minimum atomic E-state index is -3.64. The Balaban J connectivity index is 1.44. The van der Waals surface area contributed by atoms with Crippen LogP contribution in [0.15, 0.2) is 59.5 Å². The van der Waals surface area contributed by atoms with E-state index in [4.69, 9.17) is 4.74 Å². The van der Waals surface area contributed by atoms with Gasteiger partial charge in [-0.1, -0.05) is 48.0 Å². The number of aromatic nitrogens is 4. The van der Waals surface area contributed by atoms with Crippen molar-refractivity contribution in [3.8, 4) is 17.3 Å². The normalized spacial score (nSPS) is 11.7. The fraction of sp³-hybridized carbons (Fsp3) is 0.227. The lowest BCUT2D eigenvalue weighted by atomic mass is 10.1. The topological polar surface area (TPSA) is 98.5 Å². The van der Waals surface area contributed by atoms with Crippen molar-refractivity contribution < 1.29 is 13.2 Å². The van der Waals surface area contributed by atoms with E-state index in [1.807, 2.05) is 49.4 Å². The summed E-state index contributed by atoms with van der Waals surface area (Å²) in [5.41, 5.74) is 3.95. The Hall–Kier alpha value is -3.30. The average Bonchev–Trinajstić information content (AvgIpc) is 3.14. The molecule has 0 saturated heterocycles. The molecule has 0 spiro atoms. The molecule has 0 atom stereocenters. The molecule has 2 aromatic carbocycles. The molecule has 0 aliphatic heterocycles. The number of fused-ring (bicyclic) bond motifs is 1. The van der Waals surface area contributed by atoms with Crippen LogP contribution in [0.5, 0.6) is 5.88 Å². The van der Waals surface area contributed by atoms with Crippen molar-refractivity contribution in [1.82, 2.24) is 24.5 Å². The van der Waals surface area contributed by atoms with E-state index in [2.05, 4.69) is 20.0 Å². The van der Waals surface area contributed by atoms with Gasteiger partial charge in [0, 0.05) is 18.2 Å². The highest BCUT2D eigenvalue weighted by molar-refractivity contribution is 7.89. The average molecular weight is 438 g/mol. The van der Waals surface area contributed by atoms with Crippen LogP contribution in [-0.4, -0.2) is 41.4 Å². The molecular formula is C22H23N5O3S. The summed E-state index contributed by atoms with van der Waals surface area (Å²) >= 11 is 0. The van der Waals surface area contributed by atoms with E-state index < -0.39 is 10.0 Å². The number of sulfonamides is 1.